The van der Waals surface area contributed by atoms with Gasteiger partial charge in [-0.25, -0.2) is 8.78 Å². The van der Waals surface area contributed by atoms with Crippen molar-refractivity contribution in [2.75, 3.05) is 6.54 Å². The van der Waals surface area contributed by atoms with Crippen LogP contribution in [0.2, 0.25) is 0 Å². The quantitative estimate of drug-likeness (QED) is 0.846. The van der Waals surface area contributed by atoms with E-state index in [2.05, 4.69) is 5.32 Å². The number of nitrogens with one attached hydrogen (secondary N) is 1. The van der Waals surface area contributed by atoms with Crippen LogP contribution >= 0.6 is 0 Å². The van der Waals surface area contributed by atoms with Gasteiger partial charge in [-0.3, -0.25) is 0 Å². The van der Waals surface area contributed by atoms with Crippen molar-refractivity contribution in [1.82, 2.24) is 5.32 Å². The Balaban J connectivity index is 1.95. The van der Waals surface area contributed by atoms with Gasteiger partial charge in [0.25, 0.3) is 0 Å². The normalized spacial score (nSPS) is 24.2. The zero-order chi connectivity index (χ0) is 12.3. The first-order valence-corrected chi connectivity index (χ1v) is 6.08. The minimum atomic E-state index is -0.398. The van der Waals surface area contributed by atoms with Gasteiger partial charge in [0.15, 0.2) is 0 Å². The lowest BCUT2D eigenvalue weighted by molar-refractivity contribution is 0.402. The molecule has 0 aromatic heterocycles. The maximum atomic E-state index is 13.4. The molecule has 0 radical (unpaired) electrons. The van der Waals surface area contributed by atoms with Gasteiger partial charge in [0, 0.05) is 18.2 Å². The van der Waals surface area contributed by atoms with Gasteiger partial charge in [-0.1, -0.05) is 6.42 Å². The molecule has 1 aromatic carbocycles. The van der Waals surface area contributed by atoms with Crippen molar-refractivity contribution in [3.63, 3.8) is 0 Å². The smallest absolute Gasteiger partial charge is 0.127 e. The van der Waals surface area contributed by atoms with E-state index in [4.69, 9.17) is 5.73 Å². The molecule has 17 heavy (non-hydrogen) atoms. The molecule has 2 nitrogen and oxygen atoms in total. The molecule has 94 valence electrons. The highest BCUT2D eigenvalue weighted by molar-refractivity contribution is 5.18. The highest BCUT2D eigenvalue weighted by Crippen LogP contribution is 2.25. The van der Waals surface area contributed by atoms with Crippen molar-refractivity contribution in [1.29, 1.82) is 0 Å². The lowest BCUT2D eigenvalue weighted by atomic mass is 10.0. The molecule has 1 aliphatic carbocycles. The first kappa shape index (κ1) is 12.5. The van der Waals surface area contributed by atoms with Crippen LogP contribution in [0.15, 0.2) is 18.2 Å². The zero-order valence-electron chi connectivity index (χ0n) is 9.76. The van der Waals surface area contributed by atoms with Crippen molar-refractivity contribution in [2.45, 2.75) is 31.8 Å². The predicted molar refractivity (Wildman–Crippen MR) is 63.4 cm³/mol. The molecule has 0 aliphatic heterocycles. The Morgan fingerprint density at radius 1 is 1.29 bits per heavy atom. The summed E-state index contributed by atoms with van der Waals surface area (Å²) in [5.74, 6) is -0.294. The van der Waals surface area contributed by atoms with Gasteiger partial charge in [0.05, 0.1) is 0 Å². The maximum Gasteiger partial charge on any atom is 0.127 e. The number of halogens is 2. The Bertz CT molecular complexity index is 382. The van der Waals surface area contributed by atoms with Crippen LogP contribution in [0.25, 0.3) is 0 Å². The van der Waals surface area contributed by atoms with E-state index in [1.807, 2.05) is 0 Å². The number of hydrogen-bond acceptors (Lipinski definition) is 2. The topological polar surface area (TPSA) is 38.0 Å². The third-order valence-electron chi connectivity index (χ3n) is 3.52. The lowest BCUT2D eigenvalue weighted by Gasteiger charge is -2.19. The second kappa shape index (κ2) is 5.56. The van der Waals surface area contributed by atoms with Gasteiger partial charge in [-0.2, -0.15) is 0 Å². The van der Waals surface area contributed by atoms with Crippen LogP contribution in [0, 0.1) is 17.6 Å². The van der Waals surface area contributed by atoms with Gasteiger partial charge in [-0.05, 0) is 43.5 Å². The van der Waals surface area contributed by atoms with Crippen LogP contribution < -0.4 is 11.1 Å². The molecule has 0 spiro atoms. The Kier molecular flexibility index (Phi) is 4.07. The van der Waals surface area contributed by atoms with Crippen LogP contribution in [-0.4, -0.2) is 12.6 Å². The van der Waals surface area contributed by atoms with Gasteiger partial charge in [0.2, 0.25) is 0 Å². The van der Waals surface area contributed by atoms with Crippen LogP contribution in [0.3, 0.4) is 0 Å². The minimum absolute atomic E-state index is 0.336. The highest BCUT2D eigenvalue weighted by Gasteiger charge is 2.25. The first-order chi connectivity index (χ1) is 8.20. The van der Waals surface area contributed by atoms with E-state index in [0.717, 1.165) is 25.3 Å². The molecule has 2 atom stereocenters. The molecule has 0 amide bonds. The van der Waals surface area contributed by atoms with Crippen LogP contribution in [-0.2, 0) is 6.54 Å². The fraction of sp³-hybridized carbons (Fsp3) is 0.538. The van der Waals surface area contributed by atoms with E-state index in [9.17, 15) is 8.78 Å². The molecule has 0 bridgehead atoms. The molecule has 0 heterocycles. The number of benzene rings is 1. The largest absolute Gasteiger partial charge is 0.330 e. The zero-order valence-corrected chi connectivity index (χ0v) is 9.76. The van der Waals surface area contributed by atoms with Crippen molar-refractivity contribution < 1.29 is 8.78 Å². The van der Waals surface area contributed by atoms with Gasteiger partial charge < -0.3 is 11.1 Å². The molecule has 3 N–H and O–H groups in total. The standard InChI is InChI=1S/C13H18F2N2/c14-11-4-5-12(15)10(6-11)8-17-13-3-1-2-9(13)7-16/h4-6,9,13,17H,1-3,7-8,16H2. The third kappa shape index (κ3) is 3.01. The molecule has 1 aromatic rings. The summed E-state index contributed by atoms with van der Waals surface area (Å²) < 4.78 is 26.4. The van der Waals surface area contributed by atoms with E-state index in [1.165, 1.54) is 12.1 Å². The fourth-order valence-electron chi connectivity index (χ4n) is 2.51. The van der Waals surface area contributed by atoms with Crippen molar-refractivity contribution in [2.24, 2.45) is 11.7 Å². The van der Waals surface area contributed by atoms with Crippen molar-refractivity contribution >= 4 is 0 Å². The fourth-order valence-corrected chi connectivity index (χ4v) is 2.51. The Morgan fingerprint density at radius 3 is 2.88 bits per heavy atom. The number of rotatable bonds is 4. The lowest BCUT2D eigenvalue weighted by Crippen LogP contribution is -2.35. The van der Waals surface area contributed by atoms with Gasteiger partial charge in [-0.15, -0.1) is 0 Å². The average molecular weight is 240 g/mol. The Labute approximate surface area is 100 Å². The molecule has 1 fully saturated rings. The number of nitrogens with two attached hydrogens (primary N) is 1. The summed E-state index contributed by atoms with van der Waals surface area (Å²) in [5.41, 5.74) is 6.06. The summed E-state index contributed by atoms with van der Waals surface area (Å²) in [5, 5.41) is 3.28. The van der Waals surface area contributed by atoms with Crippen LogP contribution in [0.1, 0.15) is 24.8 Å². The first-order valence-electron chi connectivity index (χ1n) is 6.08. The Morgan fingerprint density at radius 2 is 2.12 bits per heavy atom. The molecule has 2 unspecified atom stereocenters. The molecule has 1 saturated carbocycles. The second-order valence-corrected chi connectivity index (χ2v) is 4.65. The van der Waals surface area contributed by atoms with E-state index in [0.29, 0.717) is 30.6 Å². The van der Waals surface area contributed by atoms with E-state index < -0.39 is 5.82 Å². The molecule has 2 rings (SSSR count). The van der Waals surface area contributed by atoms with Crippen molar-refractivity contribution in [3.8, 4) is 0 Å². The average Bonchev–Trinajstić information content (AvgIpc) is 2.77. The highest BCUT2D eigenvalue weighted by atomic mass is 19.1. The summed E-state index contributed by atoms with van der Waals surface area (Å²) >= 11 is 0. The summed E-state index contributed by atoms with van der Waals surface area (Å²) in [6.07, 6.45) is 3.35. The summed E-state index contributed by atoms with van der Waals surface area (Å²) in [4.78, 5) is 0. The summed E-state index contributed by atoms with van der Waals surface area (Å²) in [6.45, 7) is 1.02. The minimum Gasteiger partial charge on any atom is -0.330 e. The van der Waals surface area contributed by atoms with E-state index in [-0.39, 0.29) is 5.82 Å². The summed E-state index contributed by atoms with van der Waals surface area (Å²) in [6, 6.07) is 3.88. The van der Waals surface area contributed by atoms with Crippen LogP contribution in [0.5, 0.6) is 0 Å². The maximum absolute atomic E-state index is 13.4. The second-order valence-electron chi connectivity index (χ2n) is 4.65. The Hall–Kier alpha value is -1.00. The third-order valence-corrected chi connectivity index (χ3v) is 3.52. The molecule has 0 saturated heterocycles. The molecule has 4 heteroatoms. The van der Waals surface area contributed by atoms with Gasteiger partial charge in [0.1, 0.15) is 11.6 Å². The molecular weight excluding hydrogens is 222 g/mol. The monoisotopic (exact) mass is 240 g/mol. The van der Waals surface area contributed by atoms with Crippen molar-refractivity contribution in [3.05, 3.63) is 35.4 Å². The van der Waals surface area contributed by atoms with Crippen LogP contribution in [0.4, 0.5) is 8.78 Å². The van der Waals surface area contributed by atoms with E-state index in [1.54, 1.807) is 0 Å². The van der Waals surface area contributed by atoms with Gasteiger partial charge >= 0.3 is 0 Å². The molecule has 1 aliphatic rings. The predicted octanol–water partition coefficient (Wildman–Crippen LogP) is 2.18. The summed E-state index contributed by atoms with van der Waals surface area (Å²) in [7, 11) is 0. The number of hydrogen-bond donors (Lipinski definition) is 2. The molecular formula is C13H18F2N2. The van der Waals surface area contributed by atoms with E-state index >= 15 is 0 Å². The SMILES string of the molecule is NCC1CCCC1NCc1cc(F)ccc1F.